The molecule has 2 aromatic rings. The molecular formula is C22H28N4O. The second-order valence-corrected chi connectivity index (χ2v) is 7.77. The molecule has 5 nitrogen and oxygen atoms in total. The van der Waals surface area contributed by atoms with E-state index in [1.54, 1.807) is 12.4 Å². The monoisotopic (exact) mass is 364 g/mol. The highest BCUT2D eigenvalue weighted by Crippen LogP contribution is 2.37. The Kier molecular flexibility index (Phi) is 5.66. The summed E-state index contributed by atoms with van der Waals surface area (Å²) in [6.45, 7) is 1.81. The molecule has 2 fully saturated rings. The highest BCUT2D eigenvalue weighted by atomic mass is 16.2. The topological polar surface area (TPSA) is 58.1 Å². The third kappa shape index (κ3) is 4.29. The molecule has 1 aliphatic heterocycles. The van der Waals surface area contributed by atoms with Crippen molar-refractivity contribution in [2.75, 3.05) is 18.0 Å². The number of benzene rings is 1. The Hall–Kier alpha value is -2.43. The Morgan fingerprint density at radius 2 is 1.78 bits per heavy atom. The van der Waals surface area contributed by atoms with E-state index < -0.39 is 0 Å². The van der Waals surface area contributed by atoms with Gasteiger partial charge in [0.1, 0.15) is 5.82 Å². The van der Waals surface area contributed by atoms with Crippen molar-refractivity contribution < 1.29 is 4.79 Å². The van der Waals surface area contributed by atoms with Crippen molar-refractivity contribution in [1.82, 2.24) is 15.3 Å². The van der Waals surface area contributed by atoms with Gasteiger partial charge in [-0.25, -0.2) is 4.98 Å². The molecule has 1 aromatic carbocycles. The molecule has 0 spiro atoms. The summed E-state index contributed by atoms with van der Waals surface area (Å²) in [5.74, 6) is 1.61. The molecule has 1 aromatic heterocycles. The molecule has 1 N–H and O–H groups in total. The summed E-state index contributed by atoms with van der Waals surface area (Å²) in [5, 5.41) is 3.36. The lowest BCUT2D eigenvalue weighted by Gasteiger charge is -2.34. The maximum absolute atomic E-state index is 13.2. The first-order valence-corrected chi connectivity index (χ1v) is 10.2. The number of hydrogen-bond acceptors (Lipinski definition) is 4. The second-order valence-electron chi connectivity index (χ2n) is 7.77. The maximum Gasteiger partial charge on any atom is 0.228 e. The maximum atomic E-state index is 13.2. The van der Waals surface area contributed by atoms with Gasteiger partial charge in [-0.1, -0.05) is 43.2 Å². The van der Waals surface area contributed by atoms with E-state index in [1.165, 1.54) is 18.4 Å². The summed E-state index contributed by atoms with van der Waals surface area (Å²) in [7, 11) is 0. The van der Waals surface area contributed by atoms with Crippen LogP contribution in [0, 0.1) is 5.92 Å². The summed E-state index contributed by atoms with van der Waals surface area (Å²) in [6, 6.07) is 10.6. The van der Waals surface area contributed by atoms with Crippen LogP contribution < -0.4 is 10.2 Å². The van der Waals surface area contributed by atoms with E-state index in [-0.39, 0.29) is 17.9 Å². The van der Waals surface area contributed by atoms with Crippen LogP contribution in [-0.2, 0) is 4.79 Å². The van der Waals surface area contributed by atoms with Gasteiger partial charge < -0.3 is 10.2 Å². The van der Waals surface area contributed by atoms with Gasteiger partial charge in [0.15, 0.2) is 0 Å². The fraction of sp³-hybridized carbons (Fsp3) is 0.500. The fourth-order valence-corrected chi connectivity index (χ4v) is 4.59. The number of piperidine rings is 1. The fourth-order valence-electron chi connectivity index (χ4n) is 4.59. The normalized spacial score (nSPS) is 19.8. The Morgan fingerprint density at radius 1 is 1.04 bits per heavy atom. The van der Waals surface area contributed by atoms with Crippen molar-refractivity contribution in [2.45, 2.75) is 50.5 Å². The van der Waals surface area contributed by atoms with Crippen molar-refractivity contribution in [3.05, 3.63) is 54.5 Å². The first-order chi connectivity index (χ1) is 13.3. The van der Waals surface area contributed by atoms with Crippen LogP contribution in [0.25, 0.3) is 0 Å². The largest absolute Gasteiger partial charge is 0.355 e. The van der Waals surface area contributed by atoms with Gasteiger partial charge >= 0.3 is 0 Å². The zero-order valence-electron chi connectivity index (χ0n) is 15.8. The Labute approximate surface area is 161 Å². The average molecular weight is 364 g/mol. The van der Waals surface area contributed by atoms with E-state index in [0.717, 1.165) is 44.6 Å². The third-order valence-electron chi connectivity index (χ3n) is 6.03. The molecule has 1 saturated carbocycles. The van der Waals surface area contributed by atoms with E-state index in [0.29, 0.717) is 5.92 Å². The Bertz CT molecular complexity index is 722. The highest BCUT2D eigenvalue weighted by Gasteiger charge is 2.33. The molecular weight excluding hydrogens is 336 g/mol. The van der Waals surface area contributed by atoms with Crippen molar-refractivity contribution in [1.29, 1.82) is 0 Å². The zero-order chi connectivity index (χ0) is 18.5. The van der Waals surface area contributed by atoms with E-state index in [1.807, 2.05) is 24.4 Å². The molecule has 27 heavy (non-hydrogen) atoms. The molecule has 2 aliphatic rings. The van der Waals surface area contributed by atoms with Crippen LogP contribution in [0.3, 0.4) is 0 Å². The molecule has 1 saturated heterocycles. The summed E-state index contributed by atoms with van der Waals surface area (Å²) in [6.07, 6.45) is 12.0. The van der Waals surface area contributed by atoms with Gasteiger partial charge in [0.25, 0.3) is 0 Å². The number of nitrogens with one attached hydrogen (secondary N) is 1. The molecule has 2 heterocycles. The number of carbonyl (C=O) groups is 1. The lowest BCUT2D eigenvalue weighted by atomic mass is 9.83. The first-order valence-electron chi connectivity index (χ1n) is 10.2. The molecule has 0 bridgehead atoms. The van der Waals surface area contributed by atoms with Crippen LogP contribution in [0.1, 0.15) is 50.0 Å². The van der Waals surface area contributed by atoms with Gasteiger partial charge in [0.2, 0.25) is 5.91 Å². The van der Waals surface area contributed by atoms with Crippen LogP contribution >= 0.6 is 0 Å². The molecule has 1 unspecified atom stereocenters. The lowest BCUT2D eigenvalue weighted by molar-refractivity contribution is -0.124. The predicted molar refractivity (Wildman–Crippen MR) is 107 cm³/mol. The summed E-state index contributed by atoms with van der Waals surface area (Å²) in [4.78, 5) is 24.0. The van der Waals surface area contributed by atoms with Gasteiger partial charge in [-0.15, -0.1) is 0 Å². The molecule has 142 valence electrons. The smallest absolute Gasteiger partial charge is 0.228 e. The summed E-state index contributed by atoms with van der Waals surface area (Å²) < 4.78 is 0. The third-order valence-corrected chi connectivity index (χ3v) is 6.03. The molecule has 5 heteroatoms. The number of aromatic nitrogens is 2. The minimum absolute atomic E-state index is 0.00767. The summed E-state index contributed by atoms with van der Waals surface area (Å²) >= 11 is 0. The molecule has 1 atom stereocenters. The number of carbonyl (C=O) groups excluding carboxylic acids is 1. The molecule has 0 radical (unpaired) electrons. The minimum Gasteiger partial charge on any atom is -0.355 e. The Morgan fingerprint density at radius 3 is 2.44 bits per heavy atom. The SMILES string of the molecule is O=C(NC1CCN(c2cnccn2)CC1)C(c1ccccc1)C1CCCC1. The van der Waals surface area contributed by atoms with Crippen molar-refractivity contribution in [3.63, 3.8) is 0 Å². The van der Waals surface area contributed by atoms with Crippen molar-refractivity contribution >= 4 is 11.7 Å². The first kappa shape index (κ1) is 18.0. The minimum atomic E-state index is -0.00767. The number of rotatable bonds is 5. The van der Waals surface area contributed by atoms with Gasteiger partial charge in [-0.05, 0) is 37.2 Å². The van der Waals surface area contributed by atoms with E-state index >= 15 is 0 Å². The number of amides is 1. The highest BCUT2D eigenvalue weighted by molar-refractivity contribution is 5.84. The van der Waals surface area contributed by atoms with E-state index in [9.17, 15) is 4.79 Å². The average Bonchev–Trinajstić information content (AvgIpc) is 3.24. The predicted octanol–water partition coefficient (Wildman–Crippen LogP) is 3.54. The van der Waals surface area contributed by atoms with Gasteiger partial charge in [-0.3, -0.25) is 9.78 Å². The number of nitrogens with zero attached hydrogens (tertiary/aromatic N) is 3. The van der Waals surface area contributed by atoms with Crippen molar-refractivity contribution in [3.8, 4) is 0 Å². The summed E-state index contributed by atoms with van der Waals surface area (Å²) in [5.41, 5.74) is 1.17. The van der Waals surface area contributed by atoms with Crippen LogP contribution in [0.5, 0.6) is 0 Å². The van der Waals surface area contributed by atoms with Gasteiger partial charge in [0.05, 0.1) is 12.1 Å². The van der Waals surface area contributed by atoms with Gasteiger partial charge in [0, 0.05) is 31.5 Å². The van der Waals surface area contributed by atoms with Crippen LogP contribution in [0.2, 0.25) is 0 Å². The van der Waals surface area contributed by atoms with E-state index in [4.69, 9.17) is 0 Å². The second kappa shape index (κ2) is 8.51. The molecule has 4 rings (SSSR count). The van der Waals surface area contributed by atoms with Crippen LogP contribution in [-0.4, -0.2) is 35.0 Å². The molecule has 1 amide bonds. The quantitative estimate of drug-likeness (QED) is 0.882. The molecule has 1 aliphatic carbocycles. The lowest BCUT2D eigenvalue weighted by Crippen LogP contribution is -2.47. The van der Waals surface area contributed by atoms with Crippen LogP contribution in [0.4, 0.5) is 5.82 Å². The number of anilines is 1. The van der Waals surface area contributed by atoms with Crippen LogP contribution in [0.15, 0.2) is 48.9 Å². The Balaban J connectivity index is 1.38. The van der Waals surface area contributed by atoms with Gasteiger partial charge in [-0.2, -0.15) is 0 Å². The van der Waals surface area contributed by atoms with E-state index in [2.05, 4.69) is 32.3 Å². The number of hydrogen-bond donors (Lipinski definition) is 1. The standard InChI is InChI=1S/C22H28N4O/c27-22(21(18-8-4-5-9-18)17-6-2-1-3-7-17)25-19-10-14-26(15-11-19)20-16-23-12-13-24-20/h1-3,6-7,12-13,16,18-19,21H,4-5,8-11,14-15H2,(H,25,27). The zero-order valence-corrected chi connectivity index (χ0v) is 15.8. The van der Waals surface area contributed by atoms with Crippen molar-refractivity contribution in [2.24, 2.45) is 5.92 Å².